The highest BCUT2D eigenvalue weighted by Gasteiger charge is 2.28. The first-order chi connectivity index (χ1) is 12.7. The maximum absolute atomic E-state index is 12.3. The number of likely N-dealkylation sites (tertiary alicyclic amines) is 1. The zero-order valence-corrected chi connectivity index (χ0v) is 16.2. The monoisotopic (exact) mass is 419 g/mol. The largest absolute Gasteiger partial charge is 0.497 e. The summed E-state index contributed by atoms with van der Waals surface area (Å²) in [5.74, 6) is 1.40. The molecule has 7 heteroatoms. The normalized spacial score (nSPS) is 16.4. The molecule has 1 atom stereocenters. The van der Waals surface area contributed by atoms with Gasteiger partial charge in [-0.3, -0.25) is 0 Å². The topological polar surface area (TPSA) is 63.7 Å². The fourth-order valence-corrected chi connectivity index (χ4v) is 3.19. The molecule has 1 saturated heterocycles. The van der Waals surface area contributed by atoms with Gasteiger partial charge in [-0.25, -0.2) is 9.78 Å². The van der Waals surface area contributed by atoms with Crippen LogP contribution in [0.3, 0.4) is 0 Å². The van der Waals surface area contributed by atoms with E-state index in [2.05, 4.69) is 26.2 Å². The lowest BCUT2D eigenvalue weighted by Crippen LogP contribution is -2.40. The van der Waals surface area contributed by atoms with E-state index < -0.39 is 0 Å². The molecule has 0 saturated carbocycles. The van der Waals surface area contributed by atoms with Crippen LogP contribution in [0, 0.1) is 0 Å². The van der Waals surface area contributed by atoms with Gasteiger partial charge in [0.1, 0.15) is 11.9 Å². The van der Waals surface area contributed by atoms with Crippen molar-refractivity contribution in [2.75, 3.05) is 26.7 Å². The van der Waals surface area contributed by atoms with Crippen LogP contribution in [-0.4, -0.2) is 48.8 Å². The standard InChI is InChI=1S/C19H22BrN3O3/c1-25-15-6-4-14(5-7-15)8-11-22-19(24)23-12-9-16(13-23)26-18-17(20)3-2-10-21-18/h2-7,10,16H,8-9,11-13H2,1H3,(H,22,24). The van der Waals surface area contributed by atoms with Gasteiger partial charge in [-0.15, -0.1) is 0 Å². The molecule has 1 fully saturated rings. The highest BCUT2D eigenvalue weighted by Crippen LogP contribution is 2.24. The second kappa shape index (κ2) is 8.89. The maximum atomic E-state index is 12.3. The zero-order valence-electron chi connectivity index (χ0n) is 14.7. The number of carbonyl (C=O) groups is 1. The molecule has 0 spiro atoms. The summed E-state index contributed by atoms with van der Waals surface area (Å²) in [6, 6.07) is 11.6. The highest BCUT2D eigenvalue weighted by atomic mass is 79.9. The van der Waals surface area contributed by atoms with E-state index in [1.165, 1.54) is 0 Å². The predicted octanol–water partition coefficient (Wildman–Crippen LogP) is 3.26. The van der Waals surface area contributed by atoms with Gasteiger partial charge in [-0.2, -0.15) is 0 Å². The van der Waals surface area contributed by atoms with Gasteiger partial charge in [-0.05, 0) is 52.2 Å². The highest BCUT2D eigenvalue weighted by molar-refractivity contribution is 9.10. The first kappa shape index (κ1) is 18.5. The predicted molar refractivity (Wildman–Crippen MR) is 103 cm³/mol. The molecule has 26 heavy (non-hydrogen) atoms. The summed E-state index contributed by atoms with van der Waals surface area (Å²) in [4.78, 5) is 18.3. The lowest BCUT2D eigenvalue weighted by atomic mass is 10.1. The smallest absolute Gasteiger partial charge is 0.317 e. The molecule has 2 aromatic rings. The second-order valence-corrected chi connectivity index (χ2v) is 6.95. The number of halogens is 1. The zero-order chi connectivity index (χ0) is 18.4. The van der Waals surface area contributed by atoms with Gasteiger partial charge in [0.15, 0.2) is 0 Å². The summed E-state index contributed by atoms with van der Waals surface area (Å²) in [5.41, 5.74) is 1.16. The Morgan fingerprint density at radius 2 is 2.15 bits per heavy atom. The molecule has 2 heterocycles. The van der Waals surface area contributed by atoms with Crippen molar-refractivity contribution in [3.63, 3.8) is 0 Å². The van der Waals surface area contributed by atoms with Crippen LogP contribution in [0.4, 0.5) is 4.79 Å². The van der Waals surface area contributed by atoms with E-state index in [0.29, 0.717) is 25.5 Å². The number of pyridine rings is 1. The first-order valence-corrected chi connectivity index (χ1v) is 9.38. The van der Waals surface area contributed by atoms with Crippen LogP contribution in [0.25, 0.3) is 0 Å². The molecular formula is C19H22BrN3O3. The van der Waals surface area contributed by atoms with Crippen LogP contribution in [-0.2, 0) is 6.42 Å². The van der Waals surface area contributed by atoms with Crippen molar-refractivity contribution in [2.24, 2.45) is 0 Å². The molecule has 1 aromatic heterocycles. The lowest BCUT2D eigenvalue weighted by Gasteiger charge is -2.18. The molecule has 2 amide bonds. The number of nitrogens with one attached hydrogen (secondary N) is 1. The Morgan fingerprint density at radius 1 is 1.35 bits per heavy atom. The number of ether oxygens (including phenoxy) is 2. The molecule has 1 N–H and O–H groups in total. The van der Waals surface area contributed by atoms with Crippen molar-refractivity contribution >= 4 is 22.0 Å². The van der Waals surface area contributed by atoms with Crippen molar-refractivity contribution in [3.8, 4) is 11.6 Å². The second-order valence-electron chi connectivity index (χ2n) is 6.09. The van der Waals surface area contributed by atoms with Crippen LogP contribution < -0.4 is 14.8 Å². The lowest BCUT2D eigenvalue weighted by molar-refractivity contribution is 0.182. The van der Waals surface area contributed by atoms with Gasteiger partial charge in [-0.1, -0.05) is 12.1 Å². The fourth-order valence-electron chi connectivity index (χ4n) is 2.84. The van der Waals surface area contributed by atoms with E-state index in [1.54, 1.807) is 18.2 Å². The summed E-state index contributed by atoms with van der Waals surface area (Å²) in [6.07, 6.45) is 3.24. The average molecular weight is 420 g/mol. The number of hydrogen-bond donors (Lipinski definition) is 1. The van der Waals surface area contributed by atoms with Crippen LogP contribution >= 0.6 is 15.9 Å². The number of aromatic nitrogens is 1. The Hall–Kier alpha value is -2.28. The van der Waals surface area contributed by atoms with E-state index in [-0.39, 0.29) is 12.1 Å². The number of nitrogens with zero attached hydrogens (tertiary/aromatic N) is 2. The van der Waals surface area contributed by atoms with Crippen LogP contribution in [0.15, 0.2) is 47.1 Å². The molecule has 3 rings (SSSR count). The minimum absolute atomic E-state index is 0.0338. The summed E-state index contributed by atoms with van der Waals surface area (Å²) in [5, 5.41) is 2.97. The van der Waals surface area contributed by atoms with Crippen LogP contribution in [0.1, 0.15) is 12.0 Å². The van der Waals surface area contributed by atoms with E-state index in [0.717, 1.165) is 28.6 Å². The molecule has 1 unspecified atom stereocenters. The number of carbonyl (C=O) groups excluding carboxylic acids is 1. The molecule has 0 bridgehead atoms. The summed E-state index contributed by atoms with van der Waals surface area (Å²) in [7, 11) is 1.65. The van der Waals surface area contributed by atoms with Gasteiger partial charge >= 0.3 is 6.03 Å². The van der Waals surface area contributed by atoms with Gasteiger partial charge in [0.25, 0.3) is 0 Å². The molecule has 6 nitrogen and oxygen atoms in total. The first-order valence-electron chi connectivity index (χ1n) is 8.58. The molecule has 1 aromatic carbocycles. The van der Waals surface area contributed by atoms with E-state index in [9.17, 15) is 4.79 Å². The number of urea groups is 1. The SMILES string of the molecule is COc1ccc(CCNC(=O)N2CCC(Oc3ncccc3Br)C2)cc1. The summed E-state index contributed by atoms with van der Waals surface area (Å²) in [6.45, 7) is 1.85. The maximum Gasteiger partial charge on any atom is 0.317 e. The Labute approximate surface area is 161 Å². The van der Waals surface area contributed by atoms with Gasteiger partial charge < -0.3 is 19.7 Å². The van der Waals surface area contributed by atoms with Crippen molar-refractivity contribution in [1.82, 2.24) is 15.2 Å². The van der Waals surface area contributed by atoms with Crippen molar-refractivity contribution in [1.29, 1.82) is 0 Å². The number of methoxy groups -OCH3 is 1. The minimum Gasteiger partial charge on any atom is -0.497 e. The Morgan fingerprint density at radius 3 is 2.88 bits per heavy atom. The van der Waals surface area contributed by atoms with E-state index in [4.69, 9.17) is 9.47 Å². The van der Waals surface area contributed by atoms with Crippen molar-refractivity contribution in [2.45, 2.75) is 18.9 Å². The quantitative estimate of drug-likeness (QED) is 0.780. The van der Waals surface area contributed by atoms with Crippen molar-refractivity contribution < 1.29 is 14.3 Å². The molecule has 138 valence electrons. The molecule has 1 aliphatic heterocycles. The Bertz CT molecular complexity index is 739. The number of hydrogen-bond acceptors (Lipinski definition) is 4. The van der Waals surface area contributed by atoms with Crippen molar-refractivity contribution in [3.05, 3.63) is 52.6 Å². The summed E-state index contributed by atoms with van der Waals surface area (Å²) < 4.78 is 11.9. The average Bonchev–Trinajstić information content (AvgIpc) is 3.13. The third kappa shape index (κ3) is 4.88. The third-order valence-corrected chi connectivity index (χ3v) is 4.89. The van der Waals surface area contributed by atoms with E-state index in [1.807, 2.05) is 36.4 Å². The number of rotatable bonds is 6. The van der Waals surface area contributed by atoms with E-state index >= 15 is 0 Å². The Kier molecular flexibility index (Phi) is 6.33. The number of benzene rings is 1. The summed E-state index contributed by atoms with van der Waals surface area (Å²) >= 11 is 3.42. The van der Waals surface area contributed by atoms with Gasteiger partial charge in [0.2, 0.25) is 5.88 Å². The van der Waals surface area contributed by atoms with Crippen LogP contribution in [0.2, 0.25) is 0 Å². The number of amides is 2. The molecule has 0 aliphatic carbocycles. The molecule has 0 radical (unpaired) electrons. The van der Waals surface area contributed by atoms with Gasteiger partial charge in [0, 0.05) is 25.7 Å². The third-order valence-electron chi connectivity index (χ3n) is 4.28. The fraction of sp³-hybridized carbons (Fsp3) is 0.368. The Balaban J connectivity index is 1.42. The van der Waals surface area contributed by atoms with Gasteiger partial charge in [0.05, 0.1) is 18.1 Å². The molecular weight excluding hydrogens is 398 g/mol. The minimum atomic E-state index is -0.0512. The van der Waals surface area contributed by atoms with Crippen LogP contribution in [0.5, 0.6) is 11.6 Å². The molecule has 1 aliphatic rings.